The molecular weight excluding hydrogens is 333 g/mol. The number of H-pyrrole nitrogens is 1. The summed E-state index contributed by atoms with van der Waals surface area (Å²) in [5, 5.41) is 6.22. The Morgan fingerprint density at radius 2 is 1.65 bits per heavy atom. The van der Waals surface area contributed by atoms with Crippen LogP contribution in [0.5, 0.6) is 0 Å². The van der Waals surface area contributed by atoms with E-state index in [1.54, 1.807) is 36.4 Å². The molecule has 1 heterocycles. The third-order valence-corrected chi connectivity index (χ3v) is 3.85. The second kappa shape index (κ2) is 7.39. The first-order valence-corrected chi connectivity index (χ1v) is 8.40. The van der Waals surface area contributed by atoms with Crippen molar-refractivity contribution in [1.29, 1.82) is 0 Å². The molecule has 134 valence electrons. The first-order chi connectivity index (χ1) is 12.4. The highest BCUT2D eigenvalue weighted by atomic mass is 19.1. The van der Waals surface area contributed by atoms with Gasteiger partial charge in [0.05, 0.1) is 0 Å². The van der Waals surface area contributed by atoms with Gasteiger partial charge in [0.15, 0.2) is 0 Å². The number of aromatic nitrogens is 1. The Labute approximate surface area is 150 Å². The quantitative estimate of drug-likeness (QED) is 0.630. The van der Waals surface area contributed by atoms with Crippen molar-refractivity contribution in [2.75, 3.05) is 10.6 Å². The van der Waals surface area contributed by atoms with E-state index in [2.05, 4.69) is 15.6 Å². The van der Waals surface area contributed by atoms with Crippen molar-refractivity contribution < 1.29 is 14.0 Å². The third kappa shape index (κ3) is 4.27. The first kappa shape index (κ1) is 17.7. The zero-order chi connectivity index (χ0) is 18.7. The summed E-state index contributed by atoms with van der Waals surface area (Å²) in [6.45, 7) is 3.97. The molecule has 2 aromatic carbocycles. The van der Waals surface area contributed by atoms with E-state index < -0.39 is 0 Å². The van der Waals surface area contributed by atoms with Crippen LogP contribution in [0.3, 0.4) is 0 Å². The lowest BCUT2D eigenvalue weighted by Crippen LogP contribution is -2.14. The van der Waals surface area contributed by atoms with E-state index in [4.69, 9.17) is 0 Å². The van der Waals surface area contributed by atoms with Crippen molar-refractivity contribution in [1.82, 2.24) is 4.98 Å². The average Bonchev–Trinajstić information content (AvgIpc) is 2.99. The molecule has 0 aliphatic heterocycles. The van der Waals surface area contributed by atoms with Gasteiger partial charge in [-0.15, -0.1) is 0 Å². The van der Waals surface area contributed by atoms with Crippen LogP contribution >= 0.6 is 0 Å². The molecule has 0 unspecified atom stereocenters. The van der Waals surface area contributed by atoms with Gasteiger partial charge < -0.3 is 15.6 Å². The number of anilines is 2. The predicted molar refractivity (Wildman–Crippen MR) is 101 cm³/mol. The molecule has 3 aromatic rings. The molecule has 0 fully saturated rings. The predicted octanol–water partition coefficient (Wildman–Crippen LogP) is 4.54. The molecule has 0 saturated heterocycles. The van der Waals surface area contributed by atoms with E-state index in [-0.39, 0.29) is 17.6 Å². The van der Waals surface area contributed by atoms with Crippen LogP contribution in [0.15, 0.2) is 48.5 Å². The monoisotopic (exact) mass is 353 g/mol. The highest BCUT2D eigenvalue weighted by molar-refractivity contribution is 6.06. The van der Waals surface area contributed by atoms with E-state index in [9.17, 15) is 14.0 Å². The maximum atomic E-state index is 13.2. The van der Waals surface area contributed by atoms with Crippen LogP contribution in [-0.2, 0) is 4.79 Å². The highest BCUT2D eigenvalue weighted by Crippen LogP contribution is 2.19. The molecular formula is C20H20FN3O2. The van der Waals surface area contributed by atoms with Crippen molar-refractivity contribution in [3.8, 4) is 0 Å². The SMILES string of the molecule is CC(C)CC(=O)Nc1ccc(NC(=O)c2cc3cc(F)ccc3[nH]2)cc1. The zero-order valence-corrected chi connectivity index (χ0v) is 14.6. The summed E-state index contributed by atoms with van der Waals surface area (Å²) in [7, 11) is 0. The van der Waals surface area contributed by atoms with Crippen LogP contribution in [0, 0.1) is 11.7 Å². The molecule has 3 rings (SSSR count). The highest BCUT2D eigenvalue weighted by Gasteiger charge is 2.11. The number of hydrogen-bond donors (Lipinski definition) is 3. The lowest BCUT2D eigenvalue weighted by atomic mass is 10.1. The molecule has 6 heteroatoms. The maximum absolute atomic E-state index is 13.2. The lowest BCUT2D eigenvalue weighted by Gasteiger charge is -2.08. The summed E-state index contributed by atoms with van der Waals surface area (Å²) in [6.07, 6.45) is 0.458. The molecule has 0 atom stereocenters. The Hall–Kier alpha value is -3.15. The Bertz CT molecular complexity index is 945. The lowest BCUT2D eigenvalue weighted by molar-refractivity contribution is -0.116. The van der Waals surface area contributed by atoms with Crippen molar-refractivity contribution in [2.45, 2.75) is 20.3 Å². The van der Waals surface area contributed by atoms with E-state index in [1.807, 2.05) is 13.8 Å². The molecule has 5 nitrogen and oxygen atoms in total. The van der Waals surface area contributed by atoms with Crippen molar-refractivity contribution >= 4 is 34.1 Å². The minimum Gasteiger partial charge on any atom is -0.351 e. The number of fused-ring (bicyclic) bond motifs is 1. The minimum absolute atomic E-state index is 0.0397. The Morgan fingerprint density at radius 3 is 2.31 bits per heavy atom. The second-order valence-corrected chi connectivity index (χ2v) is 6.59. The fourth-order valence-corrected chi connectivity index (χ4v) is 2.64. The molecule has 0 saturated carbocycles. The molecule has 0 aliphatic rings. The molecule has 0 radical (unpaired) electrons. The number of carbonyl (C=O) groups excluding carboxylic acids is 2. The van der Waals surface area contributed by atoms with Crippen LogP contribution in [0.2, 0.25) is 0 Å². The van der Waals surface area contributed by atoms with Crippen molar-refractivity contribution in [2.24, 2.45) is 5.92 Å². The van der Waals surface area contributed by atoms with Crippen molar-refractivity contribution in [3.63, 3.8) is 0 Å². The first-order valence-electron chi connectivity index (χ1n) is 8.40. The summed E-state index contributed by atoms with van der Waals surface area (Å²) in [5.41, 5.74) is 2.32. The Balaban J connectivity index is 1.66. The Morgan fingerprint density at radius 1 is 1.00 bits per heavy atom. The molecule has 0 spiro atoms. The van der Waals surface area contributed by atoms with Gasteiger partial charge in [-0.05, 0) is 54.4 Å². The van der Waals surface area contributed by atoms with Gasteiger partial charge in [-0.25, -0.2) is 4.39 Å². The van der Waals surface area contributed by atoms with Gasteiger partial charge in [0, 0.05) is 28.7 Å². The van der Waals surface area contributed by atoms with Crippen LogP contribution in [-0.4, -0.2) is 16.8 Å². The number of halogens is 1. The van der Waals surface area contributed by atoms with Gasteiger partial charge in [0.2, 0.25) is 5.91 Å². The normalized spacial score (nSPS) is 10.9. The fraction of sp³-hybridized carbons (Fsp3) is 0.200. The smallest absolute Gasteiger partial charge is 0.272 e. The van der Waals surface area contributed by atoms with Crippen LogP contribution in [0.4, 0.5) is 15.8 Å². The topological polar surface area (TPSA) is 74.0 Å². The van der Waals surface area contributed by atoms with E-state index in [0.717, 1.165) is 0 Å². The largest absolute Gasteiger partial charge is 0.351 e. The number of carbonyl (C=O) groups is 2. The minimum atomic E-state index is -0.349. The standard InChI is InChI=1S/C20H20FN3O2/c1-12(2)9-19(25)22-15-4-6-16(7-5-15)23-20(26)18-11-13-10-14(21)3-8-17(13)24-18/h3-8,10-12,24H,9H2,1-2H3,(H,22,25)(H,23,26). The number of rotatable bonds is 5. The van der Waals surface area contributed by atoms with Gasteiger partial charge in [-0.2, -0.15) is 0 Å². The number of aromatic amines is 1. The van der Waals surface area contributed by atoms with Crippen LogP contribution < -0.4 is 10.6 Å². The number of amides is 2. The van der Waals surface area contributed by atoms with Gasteiger partial charge in [-0.3, -0.25) is 9.59 Å². The summed E-state index contributed by atoms with van der Waals surface area (Å²) < 4.78 is 13.2. The summed E-state index contributed by atoms with van der Waals surface area (Å²) in [5.74, 6) is -0.419. The number of nitrogens with one attached hydrogen (secondary N) is 3. The summed E-state index contributed by atoms with van der Waals surface area (Å²) in [6, 6.07) is 12.8. The molecule has 3 N–H and O–H groups in total. The molecule has 0 aliphatic carbocycles. The van der Waals surface area contributed by atoms with E-state index in [1.165, 1.54) is 12.1 Å². The van der Waals surface area contributed by atoms with E-state index in [0.29, 0.717) is 40.3 Å². The molecule has 2 amide bonds. The maximum Gasteiger partial charge on any atom is 0.272 e. The zero-order valence-electron chi connectivity index (χ0n) is 14.6. The molecule has 1 aromatic heterocycles. The molecule has 0 bridgehead atoms. The third-order valence-electron chi connectivity index (χ3n) is 3.85. The summed E-state index contributed by atoms with van der Waals surface area (Å²) >= 11 is 0. The fourth-order valence-electron chi connectivity index (χ4n) is 2.64. The number of benzene rings is 2. The Kier molecular flexibility index (Phi) is 5.02. The summed E-state index contributed by atoms with van der Waals surface area (Å²) in [4.78, 5) is 27.1. The number of hydrogen-bond acceptors (Lipinski definition) is 2. The van der Waals surface area contributed by atoms with Gasteiger partial charge in [-0.1, -0.05) is 13.8 Å². The van der Waals surface area contributed by atoms with Crippen molar-refractivity contribution in [3.05, 3.63) is 60.0 Å². The van der Waals surface area contributed by atoms with E-state index >= 15 is 0 Å². The van der Waals surface area contributed by atoms with Crippen LogP contribution in [0.1, 0.15) is 30.8 Å². The molecule has 26 heavy (non-hydrogen) atoms. The van der Waals surface area contributed by atoms with Gasteiger partial charge >= 0.3 is 0 Å². The van der Waals surface area contributed by atoms with Gasteiger partial charge in [0.1, 0.15) is 11.5 Å². The second-order valence-electron chi connectivity index (χ2n) is 6.59. The average molecular weight is 353 g/mol. The van der Waals surface area contributed by atoms with Crippen LogP contribution in [0.25, 0.3) is 10.9 Å². The van der Waals surface area contributed by atoms with Gasteiger partial charge in [0.25, 0.3) is 5.91 Å².